The summed E-state index contributed by atoms with van der Waals surface area (Å²) in [6, 6.07) is 0. The van der Waals surface area contributed by atoms with Crippen LogP contribution in [0.1, 0.15) is 53.4 Å². The van der Waals surface area contributed by atoms with Crippen LogP contribution in [0.15, 0.2) is 23.7 Å². The first-order valence-electron chi connectivity index (χ1n) is 6.81. The first kappa shape index (κ1) is 33.3. The molecule has 3 N–H and O–H groups in total. The van der Waals surface area contributed by atoms with E-state index < -0.39 is 0 Å². The van der Waals surface area contributed by atoms with Crippen molar-refractivity contribution in [1.82, 2.24) is 0 Å². The fourth-order valence-electron chi connectivity index (χ4n) is 1.10. The zero-order valence-corrected chi connectivity index (χ0v) is 16.2. The van der Waals surface area contributed by atoms with Gasteiger partial charge >= 0.3 is 19.5 Å². The van der Waals surface area contributed by atoms with Crippen molar-refractivity contribution in [1.29, 1.82) is 0 Å². The molecule has 0 aliphatic rings. The van der Waals surface area contributed by atoms with E-state index in [1.54, 1.807) is 0 Å². The molecule has 1 radical (unpaired) electrons. The summed E-state index contributed by atoms with van der Waals surface area (Å²) in [5.41, 5.74) is 0. The van der Waals surface area contributed by atoms with Gasteiger partial charge in [-0.1, -0.05) is 13.8 Å². The molecule has 0 aliphatic heterocycles. The van der Waals surface area contributed by atoms with Crippen molar-refractivity contribution < 1.29 is 49.2 Å². The molecule has 137 valence electrons. The quantitative estimate of drug-likeness (QED) is 0.201. The molecule has 0 amide bonds. The van der Waals surface area contributed by atoms with Gasteiger partial charge < -0.3 is 20.1 Å². The number of allylic oxidation sites excluding steroid dienone is 4. The van der Waals surface area contributed by atoms with Crippen molar-refractivity contribution in [2.45, 2.75) is 53.4 Å². The Morgan fingerprint density at radius 3 is 1.17 bits per heavy atom. The third-order valence-corrected chi connectivity index (χ3v) is 1.73. The summed E-state index contributed by atoms with van der Waals surface area (Å²) in [5.74, 6) is 0.178. The monoisotopic (exact) mass is 419 g/mol. The minimum absolute atomic E-state index is 0. The predicted octanol–water partition coefficient (Wildman–Crippen LogP) is 2.97. The fourth-order valence-corrected chi connectivity index (χ4v) is 1.10. The molecule has 0 rings (SSSR count). The number of hydrogen-bond donors (Lipinski definition) is 3. The van der Waals surface area contributed by atoms with E-state index in [1.165, 1.54) is 26.0 Å². The summed E-state index contributed by atoms with van der Waals surface area (Å²) in [6.07, 6.45) is 5.23. The molecule has 0 heterocycles. The molecule has 0 bridgehead atoms. The SMILES string of the molecule is CCCC(=O)C=C(C)O.CCCC(=O)C=C(C)O.CO.[CH-]=O.[Ru+]. The Labute approximate surface area is 152 Å². The summed E-state index contributed by atoms with van der Waals surface area (Å²) in [6.45, 7) is 10.1. The number of ketones is 2. The largest absolute Gasteiger partial charge is 1.00 e. The minimum atomic E-state index is -0.00231. The third kappa shape index (κ3) is 44.9. The van der Waals surface area contributed by atoms with Gasteiger partial charge in [0, 0.05) is 32.1 Å². The van der Waals surface area contributed by atoms with Gasteiger partial charge in [0.15, 0.2) is 11.6 Å². The van der Waals surface area contributed by atoms with Gasteiger partial charge in [0.2, 0.25) is 0 Å². The van der Waals surface area contributed by atoms with Crippen molar-refractivity contribution in [2.24, 2.45) is 0 Å². The van der Waals surface area contributed by atoms with E-state index >= 15 is 0 Å². The van der Waals surface area contributed by atoms with E-state index in [4.69, 9.17) is 20.1 Å². The summed E-state index contributed by atoms with van der Waals surface area (Å²) in [5, 5.41) is 24.2. The number of carbonyl (C=O) groups is 2. The van der Waals surface area contributed by atoms with Gasteiger partial charge in [-0.3, -0.25) is 16.4 Å². The molecule has 0 fully saturated rings. The van der Waals surface area contributed by atoms with Crippen LogP contribution < -0.4 is 0 Å². The maximum Gasteiger partial charge on any atom is 1.00 e. The Hall–Kier alpha value is -1.33. The number of carbonyl (C=O) groups excluding carboxylic acids is 3. The molecule has 0 atom stereocenters. The van der Waals surface area contributed by atoms with E-state index in [0.29, 0.717) is 12.8 Å². The molecule has 0 unspecified atom stereocenters. The van der Waals surface area contributed by atoms with Gasteiger partial charge in [-0.05, 0) is 26.7 Å². The van der Waals surface area contributed by atoms with Crippen LogP contribution in [0, 0.1) is 0 Å². The molecule has 0 saturated heterocycles. The van der Waals surface area contributed by atoms with Gasteiger partial charge in [0.05, 0.1) is 11.5 Å². The second-order valence-corrected chi connectivity index (χ2v) is 4.00. The van der Waals surface area contributed by atoms with Crippen molar-refractivity contribution in [3.63, 3.8) is 0 Å². The Balaban J connectivity index is -0.0000000743. The molecule has 6 nitrogen and oxygen atoms in total. The van der Waals surface area contributed by atoms with Crippen molar-refractivity contribution in [2.75, 3.05) is 7.11 Å². The molecular formula is C16H29O6Ru. The standard InChI is InChI=1S/2C7H12O2.CH4O.CHO.Ru/c2*1-3-4-7(9)5-6(2)8;2*1-2;/h2*5,8H,3-4H2,1-2H3;2H,1H3;1H;/q;;;-1;+1. The van der Waals surface area contributed by atoms with Gasteiger partial charge in [0.1, 0.15) is 0 Å². The van der Waals surface area contributed by atoms with Crippen molar-refractivity contribution in [3.05, 3.63) is 23.7 Å². The topological polar surface area (TPSA) is 112 Å². The molecule has 0 aliphatic carbocycles. The van der Waals surface area contributed by atoms with Gasteiger partial charge in [-0.25, -0.2) is 0 Å². The van der Waals surface area contributed by atoms with E-state index in [1.807, 2.05) is 13.8 Å². The second kappa shape index (κ2) is 28.8. The van der Waals surface area contributed by atoms with Crippen molar-refractivity contribution >= 4 is 18.4 Å². The van der Waals surface area contributed by atoms with Crippen LogP contribution in [-0.4, -0.2) is 40.8 Å². The zero-order chi connectivity index (χ0) is 18.6. The van der Waals surface area contributed by atoms with Crippen LogP contribution >= 0.6 is 0 Å². The van der Waals surface area contributed by atoms with Crippen LogP contribution in [0.25, 0.3) is 0 Å². The second-order valence-electron chi connectivity index (χ2n) is 4.00. The van der Waals surface area contributed by atoms with E-state index in [2.05, 4.69) is 6.79 Å². The van der Waals surface area contributed by atoms with E-state index in [-0.39, 0.29) is 42.6 Å². The van der Waals surface area contributed by atoms with Gasteiger partial charge in [-0.15, -0.1) is 0 Å². The smallest absolute Gasteiger partial charge is 0.545 e. The third-order valence-electron chi connectivity index (χ3n) is 1.73. The predicted molar refractivity (Wildman–Crippen MR) is 87.5 cm³/mol. The molecular weight excluding hydrogens is 389 g/mol. The molecule has 0 aromatic heterocycles. The normalized spacial score (nSPS) is 9.48. The Bertz CT molecular complexity index is 297. The first-order valence-corrected chi connectivity index (χ1v) is 6.81. The summed E-state index contributed by atoms with van der Waals surface area (Å²) >= 11 is 0. The van der Waals surface area contributed by atoms with Crippen LogP contribution in [0.2, 0.25) is 0 Å². The van der Waals surface area contributed by atoms with Gasteiger partial charge in [-0.2, -0.15) is 0 Å². The number of aliphatic hydroxyl groups excluding tert-OH is 3. The number of hydrogen-bond acceptors (Lipinski definition) is 6. The summed E-state index contributed by atoms with van der Waals surface area (Å²) in [7, 11) is 1.00. The van der Waals surface area contributed by atoms with Crippen molar-refractivity contribution in [3.8, 4) is 0 Å². The summed E-state index contributed by atoms with van der Waals surface area (Å²) in [4.78, 5) is 29.0. The zero-order valence-electron chi connectivity index (χ0n) is 14.5. The van der Waals surface area contributed by atoms with Crippen LogP contribution in [-0.2, 0) is 33.9 Å². The van der Waals surface area contributed by atoms with E-state index in [9.17, 15) is 9.59 Å². The van der Waals surface area contributed by atoms with E-state index in [0.717, 1.165) is 20.0 Å². The molecule has 23 heavy (non-hydrogen) atoms. The Morgan fingerprint density at radius 1 is 0.826 bits per heavy atom. The molecule has 0 saturated carbocycles. The fraction of sp³-hybridized carbons (Fsp3) is 0.562. The van der Waals surface area contributed by atoms with Crippen LogP contribution in [0.5, 0.6) is 0 Å². The van der Waals surface area contributed by atoms with Crippen LogP contribution in [0.4, 0.5) is 0 Å². The molecule has 7 heteroatoms. The minimum Gasteiger partial charge on any atom is -0.545 e. The average Bonchev–Trinajstić information content (AvgIpc) is 2.42. The summed E-state index contributed by atoms with van der Waals surface area (Å²) < 4.78 is 0. The number of aliphatic hydroxyl groups is 3. The molecule has 0 aromatic carbocycles. The molecule has 0 spiro atoms. The maximum atomic E-state index is 10.6. The Morgan fingerprint density at radius 2 is 1.04 bits per heavy atom. The Kier molecular flexibility index (Phi) is 41.7. The van der Waals surface area contributed by atoms with Crippen LogP contribution in [0.3, 0.4) is 0 Å². The van der Waals surface area contributed by atoms with Gasteiger partial charge in [0.25, 0.3) is 0 Å². The molecule has 0 aromatic rings. The first-order chi connectivity index (χ1) is 10.3. The number of rotatable bonds is 6. The maximum absolute atomic E-state index is 10.6. The average molecular weight is 418 g/mol.